The van der Waals surface area contributed by atoms with Crippen LogP contribution in [0.25, 0.3) is 0 Å². The summed E-state index contributed by atoms with van der Waals surface area (Å²) in [4.78, 5) is 14.7. The molecule has 0 radical (unpaired) electrons. The van der Waals surface area contributed by atoms with Gasteiger partial charge in [-0.25, -0.2) is 0 Å². The predicted octanol–water partition coefficient (Wildman–Crippen LogP) is 2.71. The smallest absolute Gasteiger partial charge is 0.270 e. The molecule has 1 saturated carbocycles. The van der Waals surface area contributed by atoms with E-state index >= 15 is 0 Å². The number of rotatable bonds is 4. The zero-order valence-corrected chi connectivity index (χ0v) is 12.4. The SMILES string of the molecule is CC(C)C[C@H]1CN(C(=O)c2cccn2C2CC2)CCO1. The lowest BCUT2D eigenvalue weighted by atomic mass is 10.0. The Labute approximate surface area is 120 Å². The van der Waals surface area contributed by atoms with E-state index in [1.807, 2.05) is 23.2 Å². The molecule has 0 N–H and O–H groups in total. The van der Waals surface area contributed by atoms with Crippen molar-refractivity contribution < 1.29 is 9.53 Å². The summed E-state index contributed by atoms with van der Waals surface area (Å²) in [6.07, 6.45) is 5.66. The molecule has 0 unspecified atom stereocenters. The third-order valence-electron chi connectivity index (χ3n) is 4.10. The van der Waals surface area contributed by atoms with Crippen LogP contribution in [0.3, 0.4) is 0 Å². The van der Waals surface area contributed by atoms with Gasteiger partial charge >= 0.3 is 0 Å². The zero-order chi connectivity index (χ0) is 14.1. The van der Waals surface area contributed by atoms with Gasteiger partial charge in [0.15, 0.2) is 0 Å². The van der Waals surface area contributed by atoms with Gasteiger partial charge in [-0.15, -0.1) is 0 Å². The van der Waals surface area contributed by atoms with Crippen molar-refractivity contribution in [3.05, 3.63) is 24.0 Å². The van der Waals surface area contributed by atoms with Gasteiger partial charge < -0.3 is 14.2 Å². The van der Waals surface area contributed by atoms with Crippen molar-refractivity contribution in [2.75, 3.05) is 19.7 Å². The van der Waals surface area contributed by atoms with E-state index < -0.39 is 0 Å². The first kappa shape index (κ1) is 13.7. The molecule has 0 spiro atoms. The van der Waals surface area contributed by atoms with Crippen LogP contribution in [0.4, 0.5) is 0 Å². The lowest BCUT2D eigenvalue weighted by Gasteiger charge is -2.34. The summed E-state index contributed by atoms with van der Waals surface area (Å²) in [5.41, 5.74) is 0.845. The van der Waals surface area contributed by atoms with Crippen LogP contribution in [0.5, 0.6) is 0 Å². The van der Waals surface area contributed by atoms with Crippen LogP contribution >= 0.6 is 0 Å². The van der Waals surface area contributed by atoms with Gasteiger partial charge in [0.25, 0.3) is 5.91 Å². The summed E-state index contributed by atoms with van der Waals surface area (Å²) in [5.74, 6) is 0.768. The molecule has 4 nitrogen and oxygen atoms in total. The van der Waals surface area contributed by atoms with E-state index in [-0.39, 0.29) is 12.0 Å². The number of carbonyl (C=O) groups is 1. The van der Waals surface area contributed by atoms with Crippen LogP contribution in [-0.2, 0) is 4.74 Å². The van der Waals surface area contributed by atoms with Crippen molar-refractivity contribution >= 4 is 5.91 Å². The largest absolute Gasteiger partial charge is 0.375 e. The lowest BCUT2D eigenvalue weighted by Crippen LogP contribution is -2.46. The molecule has 3 rings (SSSR count). The van der Waals surface area contributed by atoms with Crippen LogP contribution in [0.1, 0.15) is 49.6 Å². The summed E-state index contributed by atoms with van der Waals surface area (Å²) in [5, 5.41) is 0. The summed E-state index contributed by atoms with van der Waals surface area (Å²) in [7, 11) is 0. The van der Waals surface area contributed by atoms with Crippen molar-refractivity contribution in [1.82, 2.24) is 9.47 Å². The first-order chi connectivity index (χ1) is 9.65. The van der Waals surface area contributed by atoms with Gasteiger partial charge in [0, 0.05) is 25.3 Å². The highest BCUT2D eigenvalue weighted by Gasteiger charge is 2.30. The van der Waals surface area contributed by atoms with E-state index in [1.165, 1.54) is 12.8 Å². The molecule has 1 atom stereocenters. The molecule has 1 aromatic heterocycles. The van der Waals surface area contributed by atoms with Crippen molar-refractivity contribution in [2.24, 2.45) is 5.92 Å². The topological polar surface area (TPSA) is 34.5 Å². The summed E-state index contributed by atoms with van der Waals surface area (Å²) in [6, 6.07) is 4.49. The zero-order valence-electron chi connectivity index (χ0n) is 12.4. The lowest BCUT2D eigenvalue weighted by molar-refractivity contribution is -0.0301. The maximum absolute atomic E-state index is 12.7. The minimum Gasteiger partial charge on any atom is -0.375 e. The van der Waals surface area contributed by atoms with Crippen LogP contribution in [0, 0.1) is 5.92 Å². The first-order valence-corrected chi connectivity index (χ1v) is 7.73. The number of carbonyl (C=O) groups excluding carboxylic acids is 1. The number of hydrogen-bond acceptors (Lipinski definition) is 2. The minimum absolute atomic E-state index is 0.166. The fourth-order valence-corrected chi connectivity index (χ4v) is 2.98. The summed E-state index contributed by atoms with van der Waals surface area (Å²) in [6.45, 7) is 6.49. The fourth-order valence-electron chi connectivity index (χ4n) is 2.98. The summed E-state index contributed by atoms with van der Waals surface area (Å²) < 4.78 is 7.92. The molecule has 0 bridgehead atoms. The van der Waals surface area contributed by atoms with Gasteiger partial charge in [-0.1, -0.05) is 13.8 Å². The molecule has 0 aromatic carbocycles. The van der Waals surface area contributed by atoms with Gasteiger partial charge in [-0.2, -0.15) is 0 Å². The fraction of sp³-hybridized carbons (Fsp3) is 0.688. The molecule has 2 heterocycles. The van der Waals surface area contributed by atoms with Crippen molar-refractivity contribution in [3.8, 4) is 0 Å². The Kier molecular flexibility index (Phi) is 3.83. The average Bonchev–Trinajstić information content (AvgIpc) is 3.15. The van der Waals surface area contributed by atoms with Crippen molar-refractivity contribution in [3.63, 3.8) is 0 Å². The Hall–Kier alpha value is -1.29. The first-order valence-electron chi connectivity index (χ1n) is 7.73. The molecular weight excluding hydrogens is 252 g/mol. The highest BCUT2D eigenvalue weighted by molar-refractivity contribution is 5.93. The molecule has 1 aliphatic heterocycles. The molecule has 2 aliphatic rings. The van der Waals surface area contributed by atoms with E-state index in [4.69, 9.17) is 4.74 Å². The standard InChI is InChI=1S/C16H24N2O2/c1-12(2)10-14-11-17(8-9-20-14)16(19)15-4-3-7-18(15)13-5-6-13/h3-4,7,12-14H,5-6,8-11H2,1-2H3/t14-/m0/s1. The number of hydrogen-bond donors (Lipinski definition) is 0. The molecule has 110 valence electrons. The Morgan fingerprint density at radius 1 is 1.45 bits per heavy atom. The van der Waals surface area contributed by atoms with Crippen LogP contribution in [0.15, 0.2) is 18.3 Å². The average molecular weight is 276 g/mol. The quantitative estimate of drug-likeness (QED) is 0.847. The number of nitrogens with zero attached hydrogens (tertiary/aromatic N) is 2. The van der Waals surface area contributed by atoms with Crippen LogP contribution < -0.4 is 0 Å². The van der Waals surface area contributed by atoms with Crippen molar-refractivity contribution in [1.29, 1.82) is 0 Å². The van der Waals surface area contributed by atoms with E-state index in [0.717, 1.165) is 18.7 Å². The minimum atomic E-state index is 0.166. The van der Waals surface area contributed by atoms with E-state index in [2.05, 4.69) is 18.4 Å². The third kappa shape index (κ3) is 2.90. The second-order valence-electron chi connectivity index (χ2n) is 6.41. The Balaban J connectivity index is 1.68. The molecule has 2 fully saturated rings. The van der Waals surface area contributed by atoms with Crippen LogP contribution in [0.2, 0.25) is 0 Å². The number of amides is 1. The molecule has 1 amide bonds. The number of aromatic nitrogens is 1. The number of morpholine rings is 1. The third-order valence-corrected chi connectivity index (χ3v) is 4.10. The van der Waals surface area contributed by atoms with Gasteiger partial charge in [0.1, 0.15) is 5.69 Å². The van der Waals surface area contributed by atoms with Crippen molar-refractivity contribution in [2.45, 2.75) is 45.3 Å². The second-order valence-corrected chi connectivity index (χ2v) is 6.41. The number of ether oxygens (including phenoxy) is 1. The Bertz CT molecular complexity index is 477. The molecular formula is C16H24N2O2. The molecule has 4 heteroatoms. The summed E-state index contributed by atoms with van der Waals surface area (Å²) >= 11 is 0. The van der Waals surface area contributed by atoms with Gasteiger partial charge in [-0.3, -0.25) is 4.79 Å². The van der Waals surface area contributed by atoms with Gasteiger partial charge in [0.05, 0.1) is 12.7 Å². The highest BCUT2D eigenvalue weighted by Crippen LogP contribution is 2.36. The van der Waals surface area contributed by atoms with E-state index in [0.29, 0.717) is 25.1 Å². The second kappa shape index (κ2) is 5.60. The highest BCUT2D eigenvalue weighted by atomic mass is 16.5. The van der Waals surface area contributed by atoms with E-state index in [9.17, 15) is 4.79 Å². The van der Waals surface area contributed by atoms with Crippen LogP contribution in [-0.4, -0.2) is 41.2 Å². The Morgan fingerprint density at radius 2 is 2.25 bits per heavy atom. The normalized spacial score (nSPS) is 23.4. The molecule has 1 saturated heterocycles. The predicted molar refractivity (Wildman–Crippen MR) is 77.8 cm³/mol. The Morgan fingerprint density at radius 3 is 2.95 bits per heavy atom. The molecule has 20 heavy (non-hydrogen) atoms. The van der Waals surface area contributed by atoms with Gasteiger partial charge in [-0.05, 0) is 37.3 Å². The maximum Gasteiger partial charge on any atom is 0.270 e. The van der Waals surface area contributed by atoms with E-state index in [1.54, 1.807) is 0 Å². The molecule has 1 aromatic rings. The monoisotopic (exact) mass is 276 g/mol. The maximum atomic E-state index is 12.7. The molecule has 1 aliphatic carbocycles. The van der Waals surface area contributed by atoms with Gasteiger partial charge in [0.2, 0.25) is 0 Å².